The number of rotatable bonds is 6. The Labute approximate surface area is 98.7 Å². The van der Waals surface area contributed by atoms with Crippen molar-refractivity contribution in [2.75, 3.05) is 0 Å². The predicted octanol–water partition coefficient (Wildman–Crippen LogP) is 3.59. The van der Waals surface area contributed by atoms with Gasteiger partial charge in [-0.1, -0.05) is 13.0 Å². The summed E-state index contributed by atoms with van der Waals surface area (Å²) in [5.41, 5.74) is 1.26. The lowest BCUT2D eigenvalue weighted by Crippen LogP contribution is -2.31. The first-order valence-corrected chi connectivity index (χ1v) is 5.94. The largest absolute Gasteiger partial charge is 0.466 e. The van der Waals surface area contributed by atoms with Gasteiger partial charge in [0.2, 0.25) is 0 Å². The van der Waals surface area contributed by atoms with Gasteiger partial charge < -0.3 is 9.73 Å². The Morgan fingerprint density at radius 2 is 2.12 bits per heavy atom. The quantitative estimate of drug-likeness (QED) is 0.743. The van der Waals surface area contributed by atoms with E-state index in [1.807, 2.05) is 19.9 Å². The Morgan fingerprint density at radius 1 is 1.44 bits per heavy atom. The molecule has 2 heteroatoms. The second kappa shape index (κ2) is 5.90. The van der Waals surface area contributed by atoms with E-state index in [4.69, 9.17) is 4.42 Å². The molecule has 0 aliphatic carbocycles. The van der Waals surface area contributed by atoms with Crippen LogP contribution in [-0.2, 0) is 6.54 Å². The molecule has 0 bridgehead atoms. The van der Waals surface area contributed by atoms with Gasteiger partial charge in [-0.2, -0.15) is 0 Å². The number of nitrogens with one attached hydrogen (secondary N) is 1. The van der Waals surface area contributed by atoms with Crippen LogP contribution in [0.5, 0.6) is 0 Å². The summed E-state index contributed by atoms with van der Waals surface area (Å²) in [4.78, 5) is 0. The van der Waals surface area contributed by atoms with Gasteiger partial charge in [-0.05, 0) is 39.2 Å². The number of hydrogen-bond donors (Lipinski definition) is 1. The zero-order valence-electron chi connectivity index (χ0n) is 10.8. The van der Waals surface area contributed by atoms with Gasteiger partial charge in [0.05, 0.1) is 0 Å². The van der Waals surface area contributed by atoms with Gasteiger partial charge in [-0.3, -0.25) is 0 Å². The standard InChI is InChI=1S/C14H23NO/c1-6-7-10(2)12(4)15-9-14-8-11(3)16-13(14)5/h6,8,10,12,15H,1,7,9H2,2-5H3. The summed E-state index contributed by atoms with van der Waals surface area (Å²) in [7, 11) is 0. The van der Waals surface area contributed by atoms with Gasteiger partial charge in [0.25, 0.3) is 0 Å². The summed E-state index contributed by atoms with van der Waals surface area (Å²) < 4.78 is 5.50. The Kier molecular flexibility index (Phi) is 4.81. The van der Waals surface area contributed by atoms with Crippen molar-refractivity contribution in [3.8, 4) is 0 Å². The minimum absolute atomic E-state index is 0.493. The molecular formula is C14H23NO. The molecule has 2 nitrogen and oxygen atoms in total. The van der Waals surface area contributed by atoms with Crippen molar-refractivity contribution in [2.45, 2.75) is 46.7 Å². The van der Waals surface area contributed by atoms with E-state index in [0.29, 0.717) is 12.0 Å². The van der Waals surface area contributed by atoms with Crippen LogP contribution < -0.4 is 5.32 Å². The Balaban J connectivity index is 2.45. The predicted molar refractivity (Wildman–Crippen MR) is 68.5 cm³/mol. The van der Waals surface area contributed by atoms with E-state index in [0.717, 1.165) is 24.5 Å². The van der Waals surface area contributed by atoms with Crippen LogP contribution in [0.2, 0.25) is 0 Å². The molecule has 0 saturated heterocycles. The van der Waals surface area contributed by atoms with Crippen LogP contribution >= 0.6 is 0 Å². The molecule has 0 amide bonds. The number of aryl methyl sites for hydroxylation is 2. The van der Waals surface area contributed by atoms with Crippen LogP contribution in [-0.4, -0.2) is 6.04 Å². The molecule has 0 fully saturated rings. The molecule has 0 spiro atoms. The van der Waals surface area contributed by atoms with E-state index in [2.05, 4.69) is 31.8 Å². The van der Waals surface area contributed by atoms with Crippen molar-refractivity contribution in [3.63, 3.8) is 0 Å². The van der Waals surface area contributed by atoms with Crippen LogP contribution in [0.15, 0.2) is 23.1 Å². The fourth-order valence-corrected chi connectivity index (χ4v) is 1.80. The maximum absolute atomic E-state index is 5.50. The zero-order chi connectivity index (χ0) is 12.1. The summed E-state index contributed by atoms with van der Waals surface area (Å²) in [6.45, 7) is 13.1. The minimum Gasteiger partial charge on any atom is -0.466 e. The van der Waals surface area contributed by atoms with Crippen LogP contribution in [0.1, 0.15) is 37.4 Å². The lowest BCUT2D eigenvalue weighted by atomic mass is 10.00. The topological polar surface area (TPSA) is 25.2 Å². The van der Waals surface area contributed by atoms with Crippen LogP contribution in [0, 0.1) is 19.8 Å². The average molecular weight is 221 g/mol. The smallest absolute Gasteiger partial charge is 0.105 e. The van der Waals surface area contributed by atoms with Gasteiger partial charge >= 0.3 is 0 Å². The molecule has 2 atom stereocenters. The molecule has 0 aromatic carbocycles. The molecule has 16 heavy (non-hydrogen) atoms. The van der Waals surface area contributed by atoms with E-state index < -0.39 is 0 Å². The first-order chi connectivity index (χ1) is 7.54. The number of hydrogen-bond acceptors (Lipinski definition) is 2. The van der Waals surface area contributed by atoms with Gasteiger partial charge in [0.1, 0.15) is 11.5 Å². The highest BCUT2D eigenvalue weighted by atomic mass is 16.3. The highest BCUT2D eigenvalue weighted by Gasteiger charge is 2.11. The van der Waals surface area contributed by atoms with E-state index in [1.54, 1.807) is 0 Å². The summed E-state index contributed by atoms with van der Waals surface area (Å²) >= 11 is 0. The van der Waals surface area contributed by atoms with Gasteiger partial charge in [0.15, 0.2) is 0 Å². The van der Waals surface area contributed by atoms with Gasteiger partial charge in [-0.15, -0.1) is 6.58 Å². The van der Waals surface area contributed by atoms with Crippen molar-refractivity contribution in [1.29, 1.82) is 0 Å². The second-order valence-corrected chi connectivity index (χ2v) is 4.61. The van der Waals surface area contributed by atoms with Crippen molar-refractivity contribution < 1.29 is 4.42 Å². The molecule has 1 aromatic rings. The molecule has 0 aliphatic heterocycles. The maximum atomic E-state index is 5.50. The molecule has 1 N–H and O–H groups in total. The SMILES string of the molecule is C=CCC(C)C(C)NCc1cc(C)oc1C. The normalized spacial score (nSPS) is 14.8. The lowest BCUT2D eigenvalue weighted by Gasteiger charge is -2.19. The molecule has 1 aromatic heterocycles. The highest BCUT2D eigenvalue weighted by Crippen LogP contribution is 2.15. The van der Waals surface area contributed by atoms with Crippen LogP contribution in [0.4, 0.5) is 0 Å². The Morgan fingerprint density at radius 3 is 2.62 bits per heavy atom. The molecule has 2 unspecified atom stereocenters. The van der Waals surface area contributed by atoms with E-state index >= 15 is 0 Å². The van der Waals surface area contributed by atoms with E-state index in [-0.39, 0.29) is 0 Å². The highest BCUT2D eigenvalue weighted by molar-refractivity contribution is 5.19. The summed E-state index contributed by atoms with van der Waals surface area (Å²) in [6, 6.07) is 2.60. The third-order valence-corrected chi connectivity index (χ3v) is 3.15. The lowest BCUT2D eigenvalue weighted by molar-refractivity contribution is 0.400. The zero-order valence-corrected chi connectivity index (χ0v) is 10.8. The number of furan rings is 1. The summed E-state index contributed by atoms with van der Waals surface area (Å²) in [5, 5.41) is 3.53. The van der Waals surface area contributed by atoms with Crippen molar-refractivity contribution in [2.24, 2.45) is 5.92 Å². The Bertz CT molecular complexity index is 341. The molecule has 0 radical (unpaired) electrons. The summed E-state index contributed by atoms with van der Waals surface area (Å²) in [5.74, 6) is 2.63. The molecule has 0 saturated carbocycles. The average Bonchev–Trinajstić information content (AvgIpc) is 2.54. The van der Waals surface area contributed by atoms with Crippen LogP contribution in [0.25, 0.3) is 0 Å². The second-order valence-electron chi connectivity index (χ2n) is 4.61. The summed E-state index contributed by atoms with van der Waals surface area (Å²) in [6.07, 6.45) is 3.04. The van der Waals surface area contributed by atoms with Gasteiger partial charge in [-0.25, -0.2) is 0 Å². The molecule has 90 valence electrons. The van der Waals surface area contributed by atoms with E-state index in [9.17, 15) is 0 Å². The maximum Gasteiger partial charge on any atom is 0.105 e. The first-order valence-electron chi connectivity index (χ1n) is 5.94. The monoisotopic (exact) mass is 221 g/mol. The Hall–Kier alpha value is -1.02. The third-order valence-electron chi connectivity index (χ3n) is 3.15. The van der Waals surface area contributed by atoms with Crippen LogP contribution in [0.3, 0.4) is 0 Å². The third kappa shape index (κ3) is 3.53. The first kappa shape index (κ1) is 13.0. The minimum atomic E-state index is 0.493. The molecule has 0 aliphatic rings. The van der Waals surface area contributed by atoms with Crippen molar-refractivity contribution in [1.82, 2.24) is 5.32 Å². The molecule has 1 rings (SSSR count). The van der Waals surface area contributed by atoms with Crippen molar-refractivity contribution in [3.05, 3.63) is 35.8 Å². The fraction of sp³-hybridized carbons (Fsp3) is 0.571. The van der Waals surface area contributed by atoms with E-state index in [1.165, 1.54) is 5.56 Å². The molecule has 1 heterocycles. The van der Waals surface area contributed by atoms with Gasteiger partial charge in [0, 0.05) is 18.2 Å². The molecular weight excluding hydrogens is 198 g/mol. The number of allylic oxidation sites excluding steroid dienone is 1. The fourth-order valence-electron chi connectivity index (χ4n) is 1.80. The van der Waals surface area contributed by atoms with Crippen molar-refractivity contribution >= 4 is 0 Å².